The van der Waals surface area contributed by atoms with Gasteiger partial charge in [-0.2, -0.15) is 5.26 Å². The van der Waals surface area contributed by atoms with Crippen molar-refractivity contribution in [3.8, 4) is 50.6 Å². The normalized spacial score (nSPS) is 11.5. The Morgan fingerprint density at radius 2 is 1.02 bits per heavy atom. The van der Waals surface area contributed by atoms with Gasteiger partial charge in [0.2, 0.25) is 0 Å². The molecule has 2 aromatic heterocycles. The molecule has 0 N–H and O–H groups in total. The van der Waals surface area contributed by atoms with Crippen LogP contribution in [0.4, 0.5) is 0 Å². The Balaban J connectivity index is 1.32. The first kappa shape index (κ1) is 26.1. The summed E-state index contributed by atoms with van der Waals surface area (Å²) in [5.41, 5.74) is 12.2. The molecule has 0 spiro atoms. The quantitative estimate of drug-likeness (QED) is 0.206. The third-order valence-electron chi connectivity index (χ3n) is 8.92. The van der Waals surface area contributed by atoms with Crippen LogP contribution in [0.2, 0.25) is 0 Å². The van der Waals surface area contributed by atoms with Crippen molar-refractivity contribution in [2.45, 2.75) is 0 Å². The molecule has 3 heteroatoms. The lowest BCUT2D eigenvalue weighted by Gasteiger charge is -2.14. The summed E-state index contributed by atoms with van der Waals surface area (Å²) in [6, 6.07) is 54.3. The number of hydrogen-bond donors (Lipinski definition) is 0. The van der Waals surface area contributed by atoms with E-state index in [-0.39, 0.29) is 0 Å². The van der Waals surface area contributed by atoms with Crippen LogP contribution in [0.25, 0.3) is 88.4 Å². The lowest BCUT2D eigenvalue weighted by Crippen LogP contribution is -1.90. The zero-order valence-electron chi connectivity index (χ0n) is 24.7. The van der Waals surface area contributed by atoms with E-state index in [1.165, 1.54) is 0 Å². The summed E-state index contributed by atoms with van der Waals surface area (Å²) in [5.74, 6) is 0. The summed E-state index contributed by atoms with van der Waals surface area (Å²) >= 11 is 0. The third kappa shape index (κ3) is 4.13. The van der Waals surface area contributed by atoms with Crippen molar-refractivity contribution < 1.29 is 8.83 Å². The molecule has 0 radical (unpaired) electrons. The lowest BCUT2D eigenvalue weighted by atomic mass is 9.89. The van der Waals surface area contributed by atoms with Gasteiger partial charge in [-0.05, 0) is 81.4 Å². The number of benzene rings is 7. The predicted octanol–water partition coefficient (Wildman–Crippen LogP) is 12.0. The Hall–Kier alpha value is -6.37. The molecule has 0 amide bonds. The second kappa shape index (κ2) is 10.4. The van der Waals surface area contributed by atoms with Crippen LogP contribution in [0.3, 0.4) is 0 Å². The maximum atomic E-state index is 10.2. The van der Waals surface area contributed by atoms with Crippen LogP contribution in [0.5, 0.6) is 0 Å². The van der Waals surface area contributed by atoms with E-state index in [0.29, 0.717) is 5.56 Å². The Labute approximate surface area is 265 Å². The van der Waals surface area contributed by atoms with Gasteiger partial charge in [0.05, 0.1) is 11.6 Å². The molecule has 0 atom stereocenters. The number of fused-ring (bicyclic) bond motifs is 6. The van der Waals surface area contributed by atoms with E-state index in [2.05, 4.69) is 84.9 Å². The molecule has 0 aliphatic heterocycles. The van der Waals surface area contributed by atoms with Gasteiger partial charge in [-0.15, -0.1) is 0 Å². The van der Waals surface area contributed by atoms with Gasteiger partial charge in [0.1, 0.15) is 22.3 Å². The van der Waals surface area contributed by atoms with Crippen LogP contribution in [-0.4, -0.2) is 0 Å². The van der Waals surface area contributed by atoms with Crippen molar-refractivity contribution in [3.05, 3.63) is 157 Å². The summed E-state index contributed by atoms with van der Waals surface area (Å²) in [6.07, 6.45) is 0. The number of nitrogens with zero attached hydrogens (tertiary/aromatic N) is 1. The maximum absolute atomic E-state index is 10.2. The number of para-hydroxylation sites is 3. The molecule has 2 heterocycles. The lowest BCUT2D eigenvalue weighted by molar-refractivity contribution is 0.669. The number of hydrogen-bond acceptors (Lipinski definition) is 3. The smallest absolute Gasteiger partial charge is 0.143 e. The molecule has 0 aliphatic carbocycles. The fourth-order valence-corrected chi connectivity index (χ4v) is 6.78. The van der Waals surface area contributed by atoms with Crippen LogP contribution >= 0.6 is 0 Å². The molecule has 9 rings (SSSR count). The van der Waals surface area contributed by atoms with E-state index >= 15 is 0 Å². The first-order valence-electron chi connectivity index (χ1n) is 15.3. The van der Waals surface area contributed by atoms with Crippen molar-refractivity contribution >= 4 is 43.9 Å². The van der Waals surface area contributed by atoms with Gasteiger partial charge in [-0.25, -0.2) is 0 Å². The maximum Gasteiger partial charge on any atom is 0.143 e. The molecule has 0 saturated heterocycles. The van der Waals surface area contributed by atoms with Crippen molar-refractivity contribution in [2.24, 2.45) is 0 Å². The highest BCUT2D eigenvalue weighted by Gasteiger charge is 2.18. The number of furan rings is 2. The minimum absolute atomic E-state index is 0.637. The molecule has 0 saturated carbocycles. The summed E-state index contributed by atoms with van der Waals surface area (Å²) in [4.78, 5) is 0. The van der Waals surface area contributed by atoms with E-state index in [4.69, 9.17) is 8.83 Å². The Morgan fingerprint density at radius 1 is 0.391 bits per heavy atom. The first-order chi connectivity index (χ1) is 22.7. The number of nitriles is 1. The SMILES string of the molecule is N#Cc1cc(-c2cc(-c3cccc4c3oc3ccccc34)cc(-c3cccc4oc5ccccc5c34)c2)ccc1-c1ccccc1. The van der Waals surface area contributed by atoms with E-state index in [1.807, 2.05) is 72.8 Å². The molecule has 0 aliphatic rings. The highest BCUT2D eigenvalue weighted by molar-refractivity contribution is 6.13. The van der Waals surface area contributed by atoms with Gasteiger partial charge >= 0.3 is 0 Å². The predicted molar refractivity (Wildman–Crippen MR) is 187 cm³/mol. The highest BCUT2D eigenvalue weighted by atomic mass is 16.3. The first-order valence-corrected chi connectivity index (χ1v) is 15.3. The average Bonchev–Trinajstić information content (AvgIpc) is 3.70. The monoisotopic (exact) mass is 587 g/mol. The van der Waals surface area contributed by atoms with Gasteiger partial charge < -0.3 is 8.83 Å². The van der Waals surface area contributed by atoms with Crippen LogP contribution in [-0.2, 0) is 0 Å². The van der Waals surface area contributed by atoms with E-state index in [1.54, 1.807) is 0 Å². The fraction of sp³-hybridized carbons (Fsp3) is 0. The second-order valence-corrected chi connectivity index (χ2v) is 11.6. The standard InChI is InChI=1S/C43H25NO2/c44-26-32-22-28(20-21-33(32)27-10-2-1-3-11-27)29-23-30(34-14-9-19-41-42(34)38-13-5-7-18-40(38)45-41)25-31(24-29)35-15-8-16-37-36-12-4-6-17-39(36)46-43(35)37/h1-25H. The molecular formula is C43H25NO2. The molecule has 0 fully saturated rings. The number of rotatable bonds is 4. The molecule has 214 valence electrons. The van der Waals surface area contributed by atoms with Crippen LogP contribution in [0, 0.1) is 11.3 Å². The van der Waals surface area contributed by atoms with Crippen molar-refractivity contribution in [3.63, 3.8) is 0 Å². The van der Waals surface area contributed by atoms with Gasteiger partial charge in [0, 0.05) is 27.1 Å². The van der Waals surface area contributed by atoms with Crippen LogP contribution in [0.1, 0.15) is 5.56 Å². The van der Waals surface area contributed by atoms with Gasteiger partial charge in [0.25, 0.3) is 0 Å². The molecule has 7 aromatic carbocycles. The third-order valence-corrected chi connectivity index (χ3v) is 8.92. The Kier molecular flexibility index (Phi) is 5.88. The molecule has 0 bridgehead atoms. The van der Waals surface area contributed by atoms with E-state index < -0.39 is 0 Å². The van der Waals surface area contributed by atoms with Crippen LogP contribution in [0.15, 0.2) is 160 Å². The minimum Gasteiger partial charge on any atom is -0.456 e. The van der Waals surface area contributed by atoms with Gasteiger partial charge in [-0.1, -0.05) is 109 Å². The fourth-order valence-electron chi connectivity index (χ4n) is 6.78. The molecule has 0 unspecified atom stereocenters. The van der Waals surface area contributed by atoms with Gasteiger partial charge in [-0.3, -0.25) is 0 Å². The van der Waals surface area contributed by atoms with Gasteiger partial charge in [0.15, 0.2) is 0 Å². The molecule has 3 nitrogen and oxygen atoms in total. The highest BCUT2D eigenvalue weighted by Crippen LogP contribution is 2.42. The largest absolute Gasteiger partial charge is 0.456 e. The molecule has 46 heavy (non-hydrogen) atoms. The van der Waals surface area contributed by atoms with Crippen molar-refractivity contribution in [2.75, 3.05) is 0 Å². The zero-order chi connectivity index (χ0) is 30.6. The summed E-state index contributed by atoms with van der Waals surface area (Å²) in [6.45, 7) is 0. The molecular weight excluding hydrogens is 562 g/mol. The summed E-state index contributed by atoms with van der Waals surface area (Å²) < 4.78 is 12.8. The Bertz CT molecular complexity index is 2650. The van der Waals surface area contributed by atoms with E-state index in [0.717, 1.165) is 88.4 Å². The minimum atomic E-state index is 0.637. The summed E-state index contributed by atoms with van der Waals surface area (Å²) in [5, 5.41) is 14.6. The average molecular weight is 588 g/mol. The second-order valence-electron chi connectivity index (χ2n) is 11.6. The zero-order valence-corrected chi connectivity index (χ0v) is 24.7. The summed E-state index contributed by atoms with van der Waals surface area (Å²) in [7, 11) is 0. The van der Waals surface area contributed by atoms with Crippen LogP contribution < -0.4 is 0 Å². The van der Waals surface area contributed by atoms with Crippen molar-refractivity contribution in [1.82, 2.24) is 0 Å². The van der Waals surface area contributed by atoms with E-state index in [9.17, 15) is 5.26 Å². The Morgan fingerprint density at radius 3 is 1.85 bits per heavy atom. The van der Waals surface area contributed by atoms with Crippen molar-refractivity contribution in [1.29, 1.82) is 5.26 Å². The topological polar surface area (TPSA) is 50.1 Å². The molecule has 9 aromatic rings.